The van der Waals surface area contributed by atoms with Gasteiger partial charge in [-0.05, 0) is 19.3 Å². The van der Waals surface area contributed by atoms with Crippen LogP contribution < -0.4 is 10.6 Å². The standard InChI is InChI=1S/C18H34N2O5/c1-5-8-9-10-13-25-17(22)15(12-7-3)19-16(21)14(11-6-2)20-18(23)24-4/h14-15H,5-13H2,1-4H3,(H,19,21)(H,20,23). The Morgan fingerprint density at radius 3 is 2.04 bits per heavy atom. The zero-order valence-corrected chi connectivity index (χ0v) is 16.1. The predicted molar refractivity (Wildman–Crippen MR) is 96.2 cm³/mol. The summed E-state index contributed by atoms with van der Waals surface area (Å²) >= 11 is 0. The van der Waals surface area contributed by atoms with E-state index in [2.05, 4.69) is 22.3 Å². The molecule has 2 unspecified atom stereocenters. The Labute approximate surface area is 151 Å². The molecule has 7 heteroatoms. The van der Waals surface area contributed by atoms with Gasteiger partial charge in [-0.25, -0.2) is 9.59 Å². The van der Waals surface area contributed by atoms with Crippen LogP contribution in [0.4, 0.5) is 4.79 Å². The zero-order chi connectivity index (χ0) is 19.1. The summed E-state index contributed by atoms with van der Waals surface area (Å²) in [6, 6.07) is -1.42. The first-order valence-corrected chi connectivity index (χ1v) is 9.31. The van der Waals surface area contributed by atoms with E-state index in [4.69, 9.17) is 4.74 Å². The molecule has 0 aromatic heterocycles. The number of ether oxygens (including phenoxy) is 2. The molecule has 0 saturated carbocycles. The fourth-order valence-corrected chi connectivity index (χ4v) is 2.37. The fourth-order valence-electron chi connectivity index (χ4n) is 2.37. The van der Waals surface area contributed by atoms with Crippen LogP contribution in [-0.2, 0) is 19.1 Å². The highest BCUT2D eigenvalue weighted by Gasteiger charge is 2.26. The highest BCUT2D eigenvalue weighted by molar-refractivity contribution is 5.89. The molecule has 0 aromatic carbocycles. The van der Waals surface area contributed by atoms with Crippen molar-refractivity contribution in [3.05, 3.63) is 0 Å². The summed E-state index contributed by atoms with van der Waals surface area (Å²) < 4.78 is 9.82. The van der Waals surface area contributed by atoms with E-state index in [1.54, 1.807) is 0 Å². The van der Waals surface area contributed by atoms with Crippen molar-refractivity contribution < 1.29 is 23.9 Å². The van der Waals surface area contributed by atoms with Crippen LogP contribution in [0, 0.1) is 0 Å². The molecule has 2 atom stereocenters. The lowest BCUT2D eigenvalue weighted by Gasteiger charge is -2.21. The molecule has 0 bridgehead atoms. The third-order valence-electron chi connectivity index (χ3n) is 3.79. The summed E-state index contributed by atoms with van der Waals surface area (Å²) in [4.78, 5) is 36.0. The van der Waals surface area contributed by atoms with E-state index in [0.717, 1.165) is 32.1 Å². The first-order valence-electron chi connectivity index (χ1n) is 9.31. The number of hydrogen-bond donors (Lipinski definition) is 2. The molecule has 0 radical (unpaired) electrons. The second kappa shape index (κ2) is 14.5. The third-order valence-corrected chi connectivity index (χ3v) is 3.79. The minimum atomic E-state index is -0.728. The van der Waals surface area contributed by atoms with E-state index in [-0.39, 0.29) is 0 Å². The number of unbranched alkanes of at least 4 members (excludes halogenated alkanes) is 3. The van der Waals surface area contributed by atoms with Gasteiger partial charge in [0, 0.05) is 0 Å². The van der Waals surface area contributed by atoms with Crippen molar-refractivity contribution in [3.8, 4) is 0 Å². The van der Waals surface area contributed by atoms with Crippen molar-refractivity contribution >= 4 is 18.0 Å². The number of carbonyl (C=O) groups is 3. The van der Waals surface area contributed by atoms with Crippen LogP contribution in [-0.4, -0.2) is 43.8 Å². The van der Waals surface area contributed by atoms with Crippen molar-refractivity contribution in [1.82, 2.24) is 10.6 Å². The normalized spacial score (nSPS) is 12.8. The molecular formula is C18H34N2O5. The summed E-state index contributed by atoms with van der Waals surface area (Å²) in [7, 11) is 1.24. The average molecular weight is 358 g/mol. The van der Waals surface area contributed by atoms with Crippen molar-refractivity contribution in [2.24, 2.45) is 0 Å². The van der Waals surface area contributed by atoms with Crippen molar-refractivity contribution in [2.75, 3.05) is 13.7 Å². The summed E-state index contributed by atoms with van der Waals surface area (Å²) in [6.45, 7) is 6.33. The maximum absolute atomic E-state index is 12.4. The van der Waals surface area contributed by atoms with Gasteiger partial charge in [0.2, 0.25) is 5.91 Å². The second-order valence-corrected chi connectivity index (χ2v) is 6.06. The number of hydrogen-bond acceptors (Lipinski definition) is 5. The molecule has 2 N–H and O–H groups in total. The summed E-state index contributed by atoms with van der Waals surface area (Å²) in [5.41, 5.74) is 0. The molecule has 0 fully saturated rings. The van der Waals surface area contributed by atoms with Gasteiger partial charge in [0.05, 0.1) is 13.7 Å². The number of amides is 2. The van der Waals surface area contributed by atoms with Crippen LogP contribution in [0.15, 0.2) is 0 Å². The van der Waals surface area contributed by atoms with E-state index in [1.807, 2.05) is 13.8 Å². The molecule has 146 valence electrons. The van der Waals surface area contributed by atoms with E-state index >= 15 is 0 Å². The Kier molecular flexibility index (Phi) is 13.5. The lowest BCUT2D eigenvalue weighted by atomic mass is 10.1. The minimum absolute atomic E-state index is 0.369. The molecule has 0 aliphatic carbocycles. The van der Waals surface area contributed by atoms with Crippen LogP contribution in [0.1, 0.15) is 72.1 Å². The maximum atomic E-state index is 12.4. The average Bonchev–Trinajstić information content (AvgIpc) is 2.60. The number of alkyl carbamates (subject to hydrolysis) is 1. The lowest BCUT2D eigenvalue weighted by Crippen LogP contribution is -2.51. The molecule has 0 rings (SSSR count). The van der Waals surface area contributed by atoms with Gasteiger partial charge in [-0.15, -0.1) is 0 Å². The van der Waals surface area contributed by atoms with Gasteiger partial charge in [0.1, 0.15) is 12.1 Å². The molecule has 7 nitrogen and oxygen atoms in total. The highest BCUT2D eigenvalue weighted by atomic mass is 16.5. The number of methoxy groups -OCH3 is 1. The molecule has 0 heterocycles. The smallest absolute Gasteiger partial charge is 0.407 e. The number of rotatable bonds is 13. The Hall–Kier alpha value is -1.79. The Balaban J connectivity index is 4.59. The summed E-state index contributed by atoms with van der Waals surface area (Å²) in [6.07, 6.45) is 5.83. The van der Waals surface area contributed by atoms with Crippen LogP contribution in [0.2, 0.25) is 0 Å². The van der Waals surface area contributed by atoms with E-state index < -0.39 is 30.1 Å². The zero-order valence-electron chi connectivity index (χ0n) is 16.1. The Morgan fingerprint density at radius 2 is 1.48 bits per heavy atom. The van der Waals surface area contributed by atoms with Gasteiger partial charge < -0.3 is 20.1 Å². The number of carbonyl (C=O) groups excluding carboxylic acids is 3. The van der Waals surface area contributed by atoms with Crippen LogP contribution in [0.5, 0.6) is 0 Å². The number of esters is 1. The highest BCUT2D eigenvalue weighted by Crippen LogP contribution is 2.05. The van der Waals surface area contributed by atoms with Crippen LogP contribution in [0.25, 0.3) is 0 Å². The largest absolute Gasteiger partial charge is 0.464 e. The molecule has 2 amide bonds. The third kappa shape index (κ3) is 10.6. The van der Waals surface area contributed by atoms with Crippen LogP contribution >= 0.6 is 0 Å². The minimum Gasteiger partial charge on any atom is -0.464 e. The summed E-state index contributed by atoms with van der Waals surface area (Å²) in [5, 5.41) is 5.20. The topological polar surface area (TPSA) is 93.7 Å². The molecule has 0 aromatic rings. The molecule has 25 heavy (non-hydrogen) atoms. The van der Waals surface area contributed by atoms with Crippen LogP contribution in [0.3, 0.4) is 0 Å². The molecular weight excluding hydrogens is 324 g/mol. The first-order chi connectivity index (χ1) is 12.0. The summed E-state index contributed by atoms with van der Waals surface area (Å²) in [5.74, 6) is -0.811. The molecule has 0 aliphatic rings. The van der Waals surface area contributed by atoms with Crippen molar-refractivity contribution in [1.29, 1.82) is 0 Å². The Bertz CT molecular complexity index is 401. The predicted octanol–water partition coefficient (Wildman–Crippen LogP) is 2.92. The van der Waals surface area contributed by atoms with Gasteiger partial charge in [0.15, 0.2) is 0 Å². The number of nitrogens with one attached hydrogen (secondary N) is 2. The van der Waals surface area contributed by atoms with Gasteiger partial charge >= 0.3 is 12.1 Å². The van der Waals surface area contributed by atoms with Crippen molar-refractivity contribution in [2.45, 2.75) is 84.2 Å². The van der Waals surface area contributed by atoms with E-state index in [0.29, 0.717) is 25.9 Å². The quantitative estimate of drug-likeness (QED) is 0.390. The lowest BCUT2D eigenvalue weighted by molar-refractivity contribution is -0.148. The van der Waals surface area contributed by atoms with Gasteiger partial charge in [-0.3, -0.25) is 4.79 Å². The molecule has 0 aliphatic heterocycles. The van der Waals surface area contributed by atoms with Gasteiger partial charge in [-0.2, -0.15) is 0 Å². The second-order valence-electron chi connectivity index (χ2n) is 6.06. The molecule has 0 spiro atoms. The monoisotopic (exact) mass is 358 g/mol. The SMILES string of the molecule is CCCCCCOC(=O)C(CCC)NC(=O)C(CCC)NC(=O)OC. The fraction of sp³-hybridized carbons (Fsp3) is 0.833. The molecule has 0 saturated heterocycles. The first kappa shape index (κ1) is 23.2. The maximum Gasteiger partial charge on any atom is 0.407 e. The van der Waals surface area contributed by atoms with Gasteiger partial charge in [-0.1, -0.05) is 52.9 Å². The van der Waals surface area contributed by atoms with E-state index in [9.17, 15) is 14.4 Å². The van der Waals surface area contributed by atoms with E-state index in [1.165, 1.54) is 7.11 Å². The van der Waals surface area contributed by atoms with Gasteiger partial charge in [0.25, 0.3) is 0 Å². The Morgan fingerprint density at radius 1 is 0.840 bits per heavy atom. The van der Waals surface area contributed by atoms with Crippen molar-refractivity contribution in [3.63, 3.8) is 0 Å².